The van der Waals surface area contributed by atoms with E-state index < -0.39 is 17.7 Å². The van der Waals surface area contributed by atoms with Crippen molar-refractivity contribution in [3.8, 4) is 0 Å². The molecule has 1 unspecified atom stereocenters. The number of aliphatic hydroxyl groups excluding tert-OH is 1. The Morgan fingerprint density at radius 1 is 1.55 bits per heavy atom. The fourth-order valence-electron chi connectivity index (χ4n) is 0.626. The predicted octanol–water partition coefficient (Wildman–Crippen LogP) is -0.756. The second-order valence-corrected chi connectivity index (χ2v) is 2.25. The number of carbonyl (C=O) groups excluding carboxylic acids is 2. The van der Waals surface area contributed by atoms with Crippen LogP contribution in [0.2, 0.25) is 0 Å². The molecule has 0 fully saturated rings. The summed E-state index contributed by atoms with van der Waals surface area (Å²) < 4.78 is 0. The minimum Gasteiger partial charge on any atom is -0.385 e. The number of aliphatic hydroxyl groups is 1. The summed E-state index contributed by atoms with van der Waals surface area (Å²) in [6, 6.07) is 0. The highest BCUT2D eigenvalue weighted by molar-refractivity contribution is 6.38. The molecule has 1 atom stereocenters. The summed E-state index contributed by atoms with van der Waals surface area (Å²) in [6.07, 6.45) is -0.848. The summed E-state index contributed by atoms with van der Waals surface area (Å²) in [4.78, 5) is 21.6. The van der Waals surface area contributed by atoms with Crippen LogP contribution in [0, 0.1) is 0 Å². The molecule has 64 valence electrons. The summed E-state index contributed by atoms with van der Waals surface area (Å²) in [5, 5.41) is 8.91. The van der Waals surface area contributed by atoms with Gasteiger partial charge in [-0.2, -0.15) is 0 Å². The van der Waals surface area contributed by atoms with Gasteiger partial charge in [0.1, 0.15) is 6.10 Å². The fraction of sp³-hybridized carbons (Fsp3) is 0.714. The van der Waals surface area contributed by atoms with Crippen molar-refractivity contribution in [3.63, 3.8) is 0 Å². The van der Waals surface area contributed by atoms with Gasteiger partial charge >= 0.3 is 0 Å². The van der Waals surface area contributed by atoms with Gasteiger partial charge in [0.25, 0.3) is 0 Å². The molecule has 0 aromatic heterocycles. The van der Waals surface area contributed by atoms with E-state index in [-0.39, 0.29) is 19.4 Å². The van der Waals surface area contributed by atoms with E-state index in [1.807, 2.05) is 0 Å². The molecule has 4 heteroatoms. The molecule has 11 heavy (non-hydrogen) atoms. The van der Waals surface area contributed by atoms with Gasteiger partial charge in [0, 0.05) is 6.42 Å². The highest BCUT2D eigenvalue weighted by Crippen LogP contribution is 1.94. The topological polar surface area (TPSA) is 80.4 Å². The molecule has 0 aliphatic carbocycles. The summed E-state index contributed by atoms with van der Waals surface area (Å²) >= 11 is 0. The van der Waals surface area contributed by atoms with Crippen molar-refractivity contribution >= 4 is 11.6 Å². The first-order valence-electron chi connectivity index (χ1n) is 3.58. The Labute approximate surface area is 65.4 Å². The Balaban J connectivity index is 3.92. The third kappa shape index (κ3) is 3.25. The monoisotopic (exact) mass is 159 g/mol. The second kappa shape index (κ2) is 4.98. The highest BCUT2D eigenvalue weighted by Gasteiger charge is 2.19. The number of Topliss-reactive ketones (excluding diaryl/α,β-unsaturated/α-hetero) is 2. The van der Waals surface area contributed by atoms with Crippen LogP contribution < -0.4 is 5.73 Å². The van der Waals surface area contributed by atoms with Crippen LogP contribution in [-0.4, -0.2) is 29.3 Å². The maximum Gasteiger partial charge on any atom is 0.226 e. The van der Waals surface area contributed by atoms with Gasteiger partial charge in [-0.05, 0) is 13.0 Å². The minimum atomic E-state index is -1.14. The maximum absolute atomic E-state index is 10.8. The van der Waals surface area contributed by atoms with Crippen molar-refractivity contribution in [2.24, 2.45) is 5.73 Å². The highest BCUT2D eigenvalue weighted by atomic mass is 16.3. The Bertz CT molecular complexity index is 156. The lowest BCUT2D eigenvalue weighted by Crippen LogP contribution is -2.29. The summed E-state index contributed by atoms with van der Waals surface area (Å²) in [7, 11) is 0. The van der Waals surface area contributed by atoms with Crippen molar-refractivity contribution in [3.05, 3.63) is 0 Å². The summed E-state index contributed by atoms with van der Waals surface area (Å²) in [5.41, 5.74) is 5.05. The molecule has 0 aromatic carbocycles. The zero-order chi connectivity index (χ0) is 8.85. The predicted molar refractivity (Wildman–Crippen MR) is 40.0 cm³/mol. The molecule has 0 spiro atoms. The molecule has 0 rings (SSSR count). The third-order valence-corrected chi connectivity index (χ3v) is 1.34. The van der Waals surface area contributed by atoms with Crippen LogP contribution in [0.15, 0.2) is 0 Å². The number of ketones is 2. The van der Waals surface area contributed by atoms with Gasteiger partial charge in [-0.15, -0.1) is 0 Å². The van der Waals surface area contributed by atoms with E-state index >= 15 is 0 Å². The van der Waals surface area contributed by atoms with Gasteiger partial charge in [-0.25, -0.2) is 0 Å². The van der Waals surface area contributed by atoms with Crippen LogP contribution in [0.5, 0.6) is 0 Å². The molecule has 0 radical (unpaired) electrons. The van der Waals surface area contributed by atoms with E-state index in [1.54, 1.807) is 6.92 Å². The molecule has 0 aromatic rings. The second-order valence-electron chi connectivity index (χ2n) is 2.25. The largest absolute Gasteiger partial charge is 0.385 e. The molecule has 0 bridgehead atoms. The zero-order valence-electron chi connectivity index (χ0n) is 6.54. The van der Waals surface area contributed by atoms with Gasteiger partial charge in [-0.3, -0.25) is 9.59 Å². The lowest BCUT2D eigenvalue weighted by Gasteiger charge is -2.03. The van der Waals surface area contributed by atoms with Crippen molar-refractivity contribution in [2.45, 2.75) is 25.9 Å². The van der Waals surface area contributed by atoms with Crippen LogP contribution in [0.1, 0.15) is 19.8 Å². The van der Waals surface area contributed by atoms with E-state index in [9.17, 15) is 9.59 Å². The molecule has 3 N–H and O–H groups in total. The summed E-state index contributed by atoms with van der Waals surface area (Å²) in [6.45, 7) is 1.79. The molecule has 0 aliphatic heterocycles. The standard InChI is InChI=1S/C7H13NO3/c1-2-5(9)7(11)6(10)3-4-8/h5,9H,2-4,8H2,1H3. The lowest BCUT2D eigenvalue weighted by atomic mass is 10.1. The van der Waals surface area contributed by atoms with Gasteiger partial charge < -0.3 is 10.8 Å². The first-order chi connectivity index (χ1) is 5.13. The van der Waals surface area contributed by atoms with Crippen molar-refractivity contribution < 1.29 is 14.7 Å². The van der Waals surface area contributed by atoms with E-state index in [0.717, 1.165) is 0 Å². The quantitative estimate of drug-likeness (QED) is 0.517. The van der Waals surface area contributed by atoms with Crippen LogP contribution >= 0.6 is 0 Å². The first-order valence-corrected chi connectivity index (χ1v) is 3.58. The van der Waals surface area contributed by atoms with Crippen molar-refractivity contribution in [2.75, 3.05) is 6.54 Å². The van der Waals surface area contributed by atoms with E-state index in [1.165, 1.54) is 0 Å². The van der Waals surface area contributed by atoms with Crippen LogP contribution in [0.25, 0.3) is 0 Å². The average Bonchev–Trinajstić information content (AvgIpc) is 2.02. The SMILES string of the molecule is CCC(O)C(=O)C(=O)CCN. The molecule has 4 nitrogen and oxygen atoms in total. The zero-order valence-corrected chi connectivity index (χ0v) is 6.54. The third-order valence-electron chi connectivity index (χ3n) is 1.34. The Kier molecular flexibility index (Phi) is 4.65. The van der Waals surface area contributed by atoms with Crippen LogP contribution in [-0.2, 0) is 9.59 Å². The number of hydrogen-bond acceptors (Lipinski definition) is 4. The molecular weight excluding hydrogens is 146 g/mol. The molecule has 0 aliphatic rings. The molecule has 0 amide bonds. The van der Waals surface area contributed by atoms with Gasteiger partial charge in [0.15, 0.2) is 0 Å². The van der Waals surface area contributed by atoms with Crippen molar-refractivity contribution in [1.82, 2.24) is 0 Å². The van der Waals surface area contributed by atoms with E-state index in [2.05, 4.69) is 0 Å². The minimum absolute atomic E-state index is 0.0237. The molecule has 0 heterocycles. The van der Waals surface area contributed by atoms with E-state index in [0.29, 0.717) is 0 Å². The smallest absolute Gasteiger partial charge is 0.226 e. The van der Waals surface area contributed by atoms with Crippen LogP contribution in [0.4, 0.5) is 0 Å². The van der Waals surface area contributed by atoms with Gasteiger partial charge in [0.2, 0.25) is 11.6 Å². The normalized spacial score (nSPS) is 12.6. The maximum atomic E-state index is 10.8. The summed E-state index contributed by atoms with van der Waals surface area (Å²) in [5.74, 6) is -1.31. The molecular formula is C7H13NO3. The average molecular weight is 159 g/mol. The number of carbonyl (C=O) groups is 2. The van der Waals surface area contributed by atoms with E-state index in [4.69, 9.17) is 10.8 Å². The first kappa shape index (κ1) is 10.3. The Hall–Kier alpha value is -0.740. The fourth-order valence-corrected chi connectivity index (χ4v) is 0.626. The van der Waals surface area contributed by atoms with Crippen LogP contribution in [0.3, 0.4) is 0 Å². The van der Waals surface area contributed by atoms with Gasteiger partial charge in [0.05, 0.1) is 0 Å². The Morgan fingerprint density at radius 3 is 2.45 bits per heavy atom. The van der Waals surface area contributed by atoms with Gasteiger partial charge in [-0.1, -0.05) is 6.92 Å². The molecule has 0 saturated carbocycles. The Morgan fingerprint density at radius 2 is 2.09 bits per heavy atom. The number of hydrogen-bond donors (Lipinski definition) is 2. The van der Waals surface area contributed by atoms with Crippen molar-refractivity contribution in [1.29, 1.82) is 0 Å². The lowest BCUT2D eigenvalue weighted by molar-refractivity contribution is -0.141. The number of nitrogens with two attached hydrogens (primary N) is 1. The molecule has 0 saturated heterocycles. The number of rotatable bonds is 5.